The lowest BCUT2D eigenvalue weighted by molar-refractivity contribution is 0.360. The minimum absolute atomic E-state index is 0.0476. The first-order chi connectivity index (χ1) is 23.5. The van der Waals surface area contributed by atoms with E-state index in [2.05, 4.69) is 154 Å². The summed E-state index contributed by atoms with van der Waals surface area (Å²) in [6.45, 7) is 18.2. The van der Waals surface area contributed by atoms with Crippen molar-refractivity contribution >= 4 is 11.6 Å². The quantitative estimate of drug-likeness (QED) is 0.187. The van der Waals surface area contributed by atoms with Gasteiger partial charge in [-0.3, -0.25) is 4.99 Å². The molecule has 0 N–H and O–H groups in total. The van der Waals surface area contributed by atoms with Crippen LogP contribution in [0.3, 0.4) is 0 Å². The minimum Gasteiger partial charge on any atom is -0.342 e. The second-order valence-corrected chi connectivity index (χ2v) is 16.7. The van der Waals surface area contributed by atoms with Crippen LogP contribution >= 0.6 is 0 Å². The van der Waals surface area contributed by atoms with E-state index in [1.165, 1.54) is 72.4 Å². The topological polar surface area (TPSA) is 18.8 Å². The van der Waals surface area contributed by atoms with Gasteiger partial charge in [0.25, 0.3) is 0 Å². The van der Waals surface area contributed by atoms with Gasteiger partial charge in [0.2, 0.25) is 5.96 Å². The maximum Gasteiger partial charge on any atom is 0.201 e. The van der Waals surface area contributed by atoms with Crippen molar-refractivity contribution in [1.82, 2.24) is 4.90 Å². The molecule has 1 saturated heterocycles. The van der Waals surface area contributed by atoms with Gasteiger partial charge in [0.05, 0.1) is 5.41 Å². The van der Waals surface area contributed by atoms with Crippen molar-refractivity contribution in [2.24, 2.45) is 4.99 Å². The van der Waals surface area contributed by atoms with Crippen LogP contribution in [0.25, 0.3) is 33.4 Å². The van der Waals surface area contributed by atoms with Crippen LogP contribution in [0.5, 0.6) is 0 Å². The molecule has 3 heteroatoms. The maximum atomic E-state index is 4.97. The molecule has 3 nitrogen and oxygen atoms in total. The van der Waals surface area contributed by atoms with Crippen LogP contribution in [0.2, 0.25) is 0 Å². The molecule has 0 amide bonds. The molecular weight excluding hydrogens is 595 g/mol. The average Bonchev–Trinajstić information content (AvgIpc) is 3.57. The van der Waals surface area contributed by atoms with E-state index in [4.69, 9.17) is 4.99 Å². The zero-order chi connectivity index (χ0) is 33.7. The molecule has 1 spiro atoms. The predicted octanol–water partition coefficient (Wildman–Crippen LogP) is 10.6. The Balaban J connectivity index is 1.25. The van der Waals surface area contributed by atoms with Crippen molar-refractivity contribution in [3.05, 3.63) is 137 Å². The van der Waals surface area contributed by atoms with Gasteiger partial charge in [0, 0.05) is 31.9 Å². The second kappa shape index (κ2) is 10.7. The number of hydrogen-bond acceptors (Lipinski definition) is 3. The first kappa shape index (κ1) is 30.4. The first-order valence-electron chi connectivity index (χ1n) is 18.3. The van der Waals surface area contributed by atoms with Crippen molar-refractivity contribution in [2.75, 3.05) is 31.1 Å². The third-order valence-electron chi connectivity index (χ3n) is 11.6. The molecule has 5 aromatic rings. The Morgan fingerprint density at radius 2 is 1.16 bits per heavy atom. The van der Waals surface area contributed by atoms with Gasteiger partial charge in [-0.25, -0.2) is 0 Å². The Morgan fingerprint density at radius 3 is 1.88 bits per heavy atom. The van der Waals surface area contributed by atoms with Gasteiger partial charge >= 0.3 is 0 Å². The monoisotopic (exact) mass is 641 g/mol. The highest BCUT2D eigenvalue weighted by Crippen LogP contribution is 2.63. The van der Waals surface area contributed by atoms with Crippen molar-refractivity contribution in [1.29, 1.82) is 0 Å². The van der Waals surface area contributed by atoms with Crippen molar-refractivity contribution in [3.8, 4) is 33.4 Å². The number of hydrogen-bond donors (Lipinski definition) is 0. The molecule has 1 fully saturated rings. The highest BCUT2D eigenvalue weighted by Gasteiger charge is 2.52. The maximum absolute atomic E-state index is 4.97. The summed E-state index contributed by atoms with van der Waals surface area (Å²) in [6.07, 6.45) is 2.32. The van der Waals surface area contributed by atoms with Crippen LogP contribution in [0.15, 0.2) is 108 Å². The Hall–Kier alpha value is -4.63. The number of benzene rings is 5. The van der Waals surface area contributed by atoms with Crippen molar-refractivity contribution in [2.45, 2.75) is 70.6 Å². The fraction of sp³-hybridized carbons (Fsp3) is 0.326. The molecule has 0 radical (unpaired) electrons. The van der Waals surface area contributed by atoms with Gasteiger partial charge in [0.1, 0.15) is 0 Å². The molecule has 246 valence electrons. The molecule has 0 unspecified atom stereocenters. The summed E-state index contributed by atoms with van der Waals surface area (Å²) in [5, 5.41) is 0. The zero-order valence-corrected chi connectivity index (χ0v) is 29.9. The van der Waals surface area contributed by atoms with Crippen molar-refractivity contribution < 1.29 is 0 Å². The normalized spacial score (nSPS) is 17.3. The van der Waals surface area contributed by atoms with Gasteiger partial charge in [-0.15, -0.1) is 0 Å². The van der Waals surface area contributed by atoms with Gasteiger partial charge < -0.3 is 9.80 Å². The van der Waals surface area contributed by atoms with E-state index in [1.807, 2.05) is 0 Å². The van der Waals surface area contributed by atoms with Crippen LogP contribution in [-0.2, 0) is 16.2 Å². The summed E-state index contributed by atoms with van der Waals surface area (Å²) in [6, 6.07) is 40.2. The molecule has 0 aromatic heterocycles. The summed E-state index contributed by atoms with van der Waals surface area (Å²) in [4.78, 5) is 9.88. The molecule has 2 heterocycles. The number of guanidine groups is 1. The van der Waals surface area contributed by atoms with E-state index in [1.54, 1.807) is 0 Å². The number of nitrogens with zero attached hydrogens (tertiary/aromatic N) is 3. The fourth-order valence-corrected chi connectivity index (χ4v) is 9.03. The number of anilines is 1. The molecule has 49 heavy (non-hydrogen) atoms. The SMILES string of the molecule is CC(C)(C)c1ccc2c(c1)C1(c3ccccc3-c3cc(-c4cccc(N5CCCN6CCCN=C65)c4)ccc31)c1cc(C(C)(C)C)ccc1-2. The Labute approximate surface area is 292 Å². The number of rotatable bonds is 2. The summed E-state index contributed by atoms with van der Waals surface area (Å²) < 4.78 is 0. The summed E-state index contributed by atoms with van der Waals surface area (Å²) >= 11 is 0. The van der Waals surface area contributed by atoms with Crippen LogP contribution in [0.4, 0.5) is 5.69 Å². The second-order valence-electron chi connectivity index (χ2n) is 16.7. The smallest absolute Gasteiger partial charge is 0.201 e. The molecular formula is C46H47N3. The van der Waals surface area contributed by atoms with Crippen LogP contribution in [0.1, 0.15) is 87.8 Å². The highest BCUT2D eigenvalue weighted by atomic mass is 15.4. The van der Waals surface area contributed by atoms with E-state index < -0.39 is 0 Å². The third kappa shape index (κ3) is 4.50. The predicted molar refractivity (Wildman–Crippen MR) is 206 cm³/mol. The van der Waals surface area contributed by atoms with Gasteiger partial charge in [-0.1, -0.05) is 126 Å². The molecule has 2 aliphatic heterocycles. The van der Waals surface area contributed by atoms with Gasteiger partial charge in [0.15, 0.2) is 0 Å². The van der Waals surface area contributed by atoms with E-state index in [-0.39, 0.29) is 16.2 Å². The highest BCUT2D eigenvalue weighted by molar-refractivity contribution is 5.99. The fourth-order valence-electron chi connectivity index (χ4n) is 9.03. The Bertz CT molecular complexity index is 2110. The molecule has 5 aromatic carbocycles. The number of fused-ring (bicyclic) bond motifs is 11. The van der Waals surface area contributed by atoms with Gasteiger partial charge in [-0.05, 0) is 109 Å². The number of aliphatic imine (C=N–C) groups is 1. The lowest BCUT2D eigenvalue weighted by atomic mass is 9.68. The Kier molecular flexibility index (Phi) is 6.63. The molecule has 0 atom stereocenters. The van der Waals surface area contributed by atoms with Crippen LogP contribution in [-0.4, -0.2) is 37.0 Å². The van der Waals surface area contributed by atoms with Crippen molar-refractivity contribution in [3.63, 3.8) is 0 Å². The van der Waals surface area contributed by atoms with E-state index in [0.717, 1.165) is 45.0 Å². The minimum atomic E-state index is -0.365. The molecule has 2 aliphatic carbocycles. The van der Waals surface area contributed by atoms with Crippen LogP contribution < -0.4 is 4.90 Å². The molecule has 0 saturated carbocycles. The molecule has 4 aliphatic rings. The Morgan fingerprint density at radius 1 is 0.531 bits per heavy atom. The molecule has 0 bridgehead atoms. The lowest BCUT2D eigenvalue weighted by Gasteiger charge is -2.41. The van der Waals surface area contributed by atoms with Crippen LogP contribution in [0, 0.1) is 0 Å². The van der Waals surface area contributed by atoms with E-state index >= 15 is 0 Å². The van der Waals surface area contributed by atoms with E-state index in [9.17, 15) is 0 Å². The summed E-state index contributed by atoms with van der Waals surface area (Å²) in [5.74, 6) is 1.15. The van der Waals surface area contributed by atoms with E-state index in [0.29, 0.717) is 0 Å². The molecule has 9 rings (SSSR count). The summed E-state index contributed by atoms with van der Waals surface area (Å²) in [5.41, 5.74) is 17.3. The standard InChI is InChI=1S/C46H47N3/c1-44(2,3)32-17-19-36-37-20-18-33(45(4,5)6)29-42(37)46(41(36)28-32)39-15-8-7-14-35(39)38-27-31(16-21-40(38)46)30-12-9-13-34(26-30)49-25-11-24-48-23-10-22-47-43(48)49/h7-9,12-21,26-29H,10-11,22-25H2,1-6H3. The summed E-state index contributed by atoms with van der Waals surface area (Å²) in [7, 11) is 0. The average molecular weight is 642 g/mol. The van der Waals surface area contributed by atoms with Gasteiger partial charge in [-0.2, -0.15) is 0 Å². The first-order valence-corrected chi connectivity index (χ1v) is 18.3. The third-order valence-corrected chi connectivity index (χ3v) is 11.6. The lowest BCUT2D eigenvalue weighted by Crippen LogP contribution is -2.52. The largest absolute Gasteiger partial charge is 0.342 e. The zero-order valence-electron chi connectivity index (χ0n) is 29.9.